The van der Waals surface area contributed by atoms with Crippen LogP contribution in [0.3, 0.4) is 0 Å². The molecule has 3 N–H and O–H groups in total. The van der Waals surface area contributed by atoms with Crippen LogP contribution in [0.5, 0.6) is 0 Å². The minimum Gasteiger partial charge on any atom is -0.377 e. The van der Waals surface area contributed by atoms with Crippen molar-refractivity contribution in [1.29, 1.82) is 0 Å². The van der Waals surface area contributed by atoms with Crippen molar-refractivity contribution >= 4 is 26.1 Å². The van der Waals surface area contributed by atoms with Gasteiger partial charge in [-0.25, -0.2) is 4.79 Å². The van der Waals surface area contributed by atoms with Gasteiger partial charge in [0.1, 0.15) is 6.10 Å². The average molecular weight is 458 g/mol. The van der Waals surface area contributed by atoms with Gasteiger partial charge in [-0.1, -0.05) is 0 Å². The predicted octanol–water partition coefficient (Wildman–Crippen LogP) is 0.583. The van der Waals surface area contributed by atoms with E-state index in [0.717, 1.165) is 7.11 Å². The van der Waals surface area contributed by atoms with Gasteiger partial charge in [-0.15, -0.1) is 0 Å². The van der Waals surface area contributed by atoms with Crippen molar-refractivity contribution in [3.05, 3.63) is 33.1 Å². The third-order valence-electron chi connectivity index (χ3n) is 4.75. The molecule has 0 amide bonds. The van der Waals surface area contributed by atoms with E-state index in [0.29, 0.717) is 6.42 Å². The lowest BCUT2D eigenvalue weighted by Crippen LogP contribution is -2.38. The molecular weight excluding hydrogens is 434 g/mol. The van der Waals surface area contributed by atoms with Crippen LogP contribution in [-0.4, -0.2) is 59.0 Å². The summed E-state index contributed by atoms with van der Waals surface area (Å²) < 4.78 is 33.7. The molecule has 1 heterocycles. The van der Waals surface area contributed by atoms with Crippen LogP contribution in [0.1, 0.15) is 18.9 Å². The van der Waals surface area contributed by atoms with Crippen LogP contribution >= 0.6 is 14.3 Å². The van der Waals surface area contributed by atoms with E-state index in [1.807, 2.05) is 0 Å². The number of aromatic amines is 1. The largest absolute Gasteiger partial charge is 0.377 e. The van der Waals surface area contributed by atoms with Crippen molar-refractivity contribution in [2.24, 2.45) is 5.92 Å². The van der Waals surface area contributed by atoms with Crippen LogP contribution in [0.15, 0.2) is 21.9 Å². The highest BCUT2D eigenvalue weighted by molar-refractivity contribution is 8.07. The van der Waals surface area contributed by atoms with Crippen LogP contribution in [0.4, 0.5) is 0 Å². The summed E-state index contributed by atoms with van der Waals surface area (Å²) in [4.78, 5) is 45.6. The first kappa shape index (κ1) is 23.6. The van der Waals surface area contributed by atoms with Crippen LogP contribution in [-0.2, 0) is 34.7 Å². The normalized spacial score (nSPS) is 29.3. The molecule has 0 radical (unpaired) electrons. The molecule has 0 aliphatic heterocycles. The lowest BCUT2D eigenvalue weighted by Gasteiger charge is -2.28. The minimum atomic E-state index is -3.77. The van der Waals surface area contributed by atoms with Crippen molar-refractivity contribution in [2.45, 2.75) is 31.1 Å². The molecule has 6 atom stereocenters. The van der Waals surface area contributed by atoms with E-state index in [1.54, 1.807) is 0 Å². The zero-order chi connectivity index (χ0) is 21.1. The average Bonchev–Trinajstić information content (AvgIpc) is 2.96. The number of nitrogens with zero attached hydrogens (tertiary/aromatic N) is 1. The van der Waals surface area contributed by atoms with E-state index in [1.165, 1.54) is 31.0 Å². The third kappa shape index (κ3) is 5.69. The Morgan fingerprint density at radius 1 is 1.25 bits per heavy atom. The summed E-state index contributed by atoms with van der Waals surface area (Å²) in [5, 5.41) is 0. The quantitative estimate of drug-likeness (QED) is 0.449. The van der Waals surface area contributed by atoms with Gasteiger partial charge in [0.2, 0.25) is 0 Å². The maximum absolute atomic E-state index is 12.2. The molecule has 0 bridgehead atoms. The number of hydrogen-bond acceptors (Lipinski definition) is 8. The van der Waals surface area contributed by atoms with E-state index in [2.05, 4.69) is 9.51 Å². The molecule has 0 spiro atoms. The van der Waals surface area contributed by atoms with Crippen molar-refractivity contribution in [3.8, 4) is 0 Å². The second kappa shape index (κ2) is 9.42. The van der Waals surface area contributed by atoms with Crippen LogP contribution in [0.2, 0.25) is 0 Å². The number of rotatable bonds is 9. The van der Waals surface area contributed by atoms with Gasteiger partial charge >= 0.3 is 20.0 Å². The Labute approximate surface area is 166 Å². The zero-order valence-corrected chi connectivity index (χ0v) is 18.2. The summed E-state index contributed by atoms with van der Waals surface area (Å²) in [5.41, 5.74) is -1.16. The summed E-state index contributed by atoms with van der Waals surface area (Å²) in [7, 11) is -0.00703. The summed E-state index contributed by atoms with van der Waals surface area (Å²) in [6.45, 7) is -3.57. The van der Waals surface area contributed by atoms with Crippen molar-refractivity contribution in [1.82, 2.24) is 9.55 Å². The number of methoxy groups -OCH3 is 1. The first-order valence-corrected chi connectivity index (χ1v) is 12.7. The zero-order valence-electron chi connectivity index (χ0n) is 15.6. The Hall–Kier alpha value is -0.680. The SMILES string of the molecule is CO[C@H]1C(n2ccc(=O)[nH]c2=O)C[C@H](CCP(=O)(O)OC)[C@H]1OP(O)(=S)OC. The third-order valence-corrected chi connectivity index (χ3v) is 7.82. The fourth-order valence-electron chi connectivity index (χ4n) is 3.36. The maximum Gasteiger partial charge on any atom is 0.328 e. The molecule has 3 unspecified atom stereocenters. The van der Waals surface area contributed by atoms with Gasteiger partial charge in [0, 0.05) is 33.6 Å². The Morgan fingerprint density at radius 2 is 1.93 bits per heavy atom. The van der Waals surface area contributed by atoms with Gasteiger partial charge < -0.3 is 28.1 Å². The number of ether oxygens (including phenoxy) is 1. The molecule has 2 rings (SSSR count). The summed E-state index contributed by atoms with van der Waals surface area (Å²) in [6, 6.07) is 0.646. The standard InChI is InChI=1S/C14H24N2O9P2S/c1-22-13-10(16-6-4-11(17)15-14(16)18)8-9(5-7-26(19,20)23-2)12(13)25-27(21,28)24-3/h4,6,9-10,12-13H,5,7-8H2,1-3H3,(H,19,20)(H,21,28)(H,15,17,18)/t9-,10?,12+,13-,27?/m0/s1. The van der Waals surface area contributed by atoms with Crippen molar-refractivity contribution in [2.75, 3.05) is 27.5 Å². The number of H-pyrrole nitrogens is 1. The molecular formula is C14H24N2O9P2S. The van der Waals surface area contributed by atoms with Crippen LogP contribution < -0.4 is 11.2 Å². The fraction of sp³-hybridized carbons (Fsp3) is 0.714. The van der Waals surface area contributed by atoms with Crippen LogP contribution in [0.25, 0.3) is 0 Å². The van der Waals surface area contributed by atoms with Gasteiger partial charge in [-0.3, -0.25) is 18.9 Å². The van der Waals surface area contributed by atoms with E-state index >= 15 is 0 Å². The summed E-state index contributed by atoms with van der Waals surface area (Å²) in [5.74, 6) is -0.394. The molecule has 1 saturated carbocycles. The van der Waals surface area contributed by atoms with Crippen molar-refractivity contribution in [3.63, 3.8) is 0 Å². The van der Waals surface area contributed by atoms with E-state index in [9.17, 15) is 23.9 Å². The molecule has 0 aromatic carbocycles. The second-order valence-electron chi connectivity index (χ2n) is 6.33. The highest BCUT2D eigenvalue weighted by Gasteiger charge is 2.48. The second-order valence-corrected chi connectivity index (χ2v) is 11.3. The maximum atomic E-state index is 12.2. The monoisotopic (exact) mass is 458 g/mol. The summed E-state index contributed by atoms with van der Waals surface area (Å²) >= 11 is 4.94. The molecule has 1 aromatic heterocycles. The fourth-order valence-corrected chi connectivity index (χ4v) is 5.19. The van der Waals surface area contributed by atoms with Gasteiger partial charge in [-0.2, -0.15) is 0 Å². The molecule has 28 heavy (non-hydrogen) atoms. The predicted molar refractivity (Wildman–Crippen MR) is 104 cm³/mol. The Morgan fingerprint density at radius 3 is 2.46 bits per heavy atom. The molecule has 160 valence electrons. The van der Waals surface area contributed by atoms with E-state index in [-0.39, 0.29) is 12.6 Å². The molecule has 1 aliphatic rings. The number of aromatic nitrogens is 2. The molecule has 1 fully saturated rings. The molecule has 11 nitrogen and oxygen atoms in total. The van der Waals surface area contributed by atoms with Crippen LogP contribution in [0, 0.1) is 5.92 Å². The van der Waals surface area contributed by atoms with Crippen molar-refractivity contribution < 1.29 is 32.7 Å². The Balaban J connectivity index is 2.38. The van der Waals surface area contributed by atoms with Gasteiger partial charge in [0.15, 0.2) is 0 Å². The first-order chi connectivity index (χ1) is 13.0. The van der Waals surface area contributed by atoms with Gasteiger partial charge in [0.25, 0.3) is 5.56 Å². The Bertz CT molecular complexity index is 888. The highest BCUT2D eigenvalue weighted by atomic mass is 32.5. The minimum absolute atomic E-state index is 0.154. The topological polar surface area (TPSA) is 149 Å². The molecule has 1 aromatic rings. The van der Waals surface area contributed by atoms with Gasteiger partial charge in [0.05, 0.1) is 18.3 Å². The first-order valence-electron chi connectivity index (χ1n) is 8.32. The Kier molecular flexibility index (Phi) is 7.94. The number of nitrogens with one attached hydrogen (secondary N) is 1. The molecule has 14 heteroatoms. The van der Waals surface area contributed by atoms with E-state index < -0.39 is 49.7 Å². The van der Waals surface area contributed by atoms with Gasteiger partial charge in [-0.05, 0) is 30.6 Å². The molecule has 1 aliphatic carbocycles. The number of hydrogen-bond donors (Lipinski definition) is 3. The lowest BCUT2D eigenvalue weighted by atomic mass is 10.0. The lowest BCUT2D eigenvalue weighted by molar-refractivity contribution is -0.0176. The summed E-state index contributed by atoms with van der Waals surface area (Å²) in [6.07, 6.45) is 0.172. The molecule has 0 saturated heterocycles. The smallest absolute Gasteiger partial charge is 0.328 e. The highest BCUT2D eigenvalue weighted by Crippen LogP contribution is 2.52. The van der Waals surface area contributed by atoms with E-state index in [4.69, 9.17) is 25.6 Å².